The van der Waals surface area contributed by atoms with Gasteiger partial charge in [-0.25, -0.2) is 4.98 Å². The van der Waals surface area contributed by atoms with Gasteiger partial charge in [0.1, 0.15) is 5.75 Å². The summed E-state index contributed by atoms with van der Waals surface area (Å²) in [7, 11) is 5.80. The highest BCUT2D eigenvalue weighted by molar-refractivity contribution is 7.99. The summed E-state index contributed by atoms with van der Waals surface area (Å²) in [6.45, 7) is 5.85. The van der Waals surface area contributed by atoms with Gasteiger partial charge in [-0.2, -0.15) is 0 Å². The van der Waals surface area contributed by atoms with E-state index in [1.54, 1.807) is 30.2 Å². The van der Waals surface area contributed by atoms with Crippen LogP contribution >= 0.6 is 23.1 Å². The number of aryl methyl sites for hydroxylation is 2. The molecule has 0 spiro atoms. The van der Waals surface area contributed by atoms with E-state index in [2.05, 4.69) is 57.1 Å². The zero-order valence-corrected chi connectivity index (χ0v) is 21.3. The van der Waals surface area contributed by atoms with Crippen LogP contribution < -0.4 is 9.64 Å². The second kappa shape index (κ2) is 11.7. The molecule has 0 saturated heterocycles. The Kier molecular flexibility index (Phi) is 8.96. The third kappa shape index (κ3) is 6.47. The minimum absolute atomic E-state index is 0.160. The molecule has 5 nitrogen and oxygen atoms in total. The summed E-state index contributed by atoms with van der Waals surface area (Å²) in [5, 5.41) is 0.820. The number of methoxy groups -OCH3 is 1. The van der Waals surface area contributed by atoms with Gasteiger partial charge < -0.3 is 9.64 Å². The van der Waals surface area contributed by atoms with Crippen LogP contribution in [0, 0.1) is 13.8 Å². The van der Waals surface area contributed by atoms with E-state index < -0.39 is 0 Å². The Morgan fingerprint density at radius 3 is 2.50 bits per heavy atom. The number of fused-ring (bicyclic) bond motifs is 1. The Balaban J connectivity index is 1.64. The van der Waals surface area contributed by atoms with Crippen molar-refractivity contribution in [3.63, 3.8) is 0 Å². The highest BCUT2D eigenvalue weighted by Gasteiger charge is 2.20. The number of benzene rings is 2. The van der Waals surface area contributed by atoms with Crippen LogP contribution in [0.15, 0.2) is 41.3 Å². The number of ether oxygens (including phenoxy) is 1. The molecule has 32 heavy (non-hydrogen) atoms. The predicted octanol–water partition coefficient (Wildman–Crippen LogP) is 5.78. The third-order valence-corrected chi connectivity index (χ3v) is 7.60. The Morgan fingerprint density at radius 1 is 1.06 bits per heavy atom. The molecule has 0 N–H and O–H groups in total. The SMILES string of the molecule is COc1ccc(SCCCC(=O)N(CCCN(C)C)c2nc3c(C)c(C)ccc3s2)cc1. The van der Waals surface area contributed by atoms with Gasteiger partial charge in [0.05, 0.1) is 17.3 Å². The molecule has 0 aliphatic rings. The summed E-state index contributed by atoms with van der Waals surface area (Å²) in [6.07, 6.45) is 2.29. The number of aromatic nitrogens is 1. The van der Waals surface area contributed by atoms with Gasteiger partial charge in [0, 0.05) is 17.9 Å². The zero-order valence-electron chi connectivity index (χ0n) is 19.7. The van der Waals surface area contributed by atoms with Crippen LogP contribution in [0.3, 0.4) is 0 Å². The quantitative estimate of drug-likeness (QED) is 0.262. The molecule has 0 aliphatic carbocycles. The van der Waals surface area contributed by atoms with Crippen molar-refractivity contribution in [3.05, 3.63) is 47.5 Å². The summed E-state index contributed by atoms with van der Waals surface area (Å²) in [4.78, 5) is 23.3. The van der Waals surface area contributed by atoms with Crippen LogP contribution in [-0.2, 0) is 4.79 Å². The van der Waals surface area contributed by atoms with Crippen molar-refractivity contribution in [1.29, 1.82) is 0 Å². The van der Waals surface area contributed by atoms with E-state index in [9.17, 15) is 4.79 Å². The molecule has 0 radical (unpaired) electrons. The Morgan fingerprint density at radius 2 is 1.81 bits per heavy atom. The monoisotopic (exact) mass is 471 g/mol. The van der Waals surface area contributed by atoms with Crippen molar-refractivity contribution in [2.24, 2.45) is 0 Å². The topological polar surface area (TPSA) is 45.7 Å². The van der Waals surface area contributed by atoms with Gasteiger partial charge >= 0.3 is 0 Å². The second-order valence-corrected chi connectivity index (χ2v) is 10.4. The Labute approximate surface area is 199 Å². The molecule has 0 unspecified atom stereocenters. The average molecular weight is 472 g/mol. The minimum atomic E-state index is 0.160. The standard InChI is InChI=1S/C25H33N3O2S2/c1-18-9-14-22-24(19(18)2)26-25(32-22)28(16-7-15-27(3)4)23(29)8-6-17-31-21-12-10-20(30-5)11-13-21/h9-14H,6-8,15-17H2,1-5H3. The molecule has 0 fully saturated rings. The maximum Gasteiger partial charge on any atom is 0.228 e. The first kappa shape index (κ1) is 24.6. The molecule has 2 aromatic carbocycles. The van der Waals surface area contributed by atoms with Crippen molar-refractivity contribution in [2.75, 3.05) is 44.9 Å². The summed E-state index contributed by atoms with van der Waals surface area (Å²) >= 11 is 3.39. The normalized spacial score (nSPS) is 11.3. The number of hydrogen-bond acceptors (Lipinski definition) is 6. The molecule has 0 saturated carbocycles. The van der Waals surface area contributed by atoms with Gasteiger partial charge in [0.15, 0.2) is 5.13 Å². The molecule has 1 amide bonds. The van der Waals surface area contributed by atoms with Gasteiger partial charge in [-0.3, -0.25) is 9.69 Å². The number of carbonyl (C=O) groups excluding carboxylic acids is 1. The van der Waals surface area contributed by atoms with E-state index in [0.717, 1.165) is 46.2 Å². The van der Waals surface area contributed by atoms with E-state index in [4.69, 9.17) is 9.72 Å². The lowest BCUT2D eigenvalue weighted by molar-refractivity contribution is -0.118. The lowest BCUT2D eigenvalue weighted by Crippen LogP contribution is -2.33. The fourth-order valence-corrected chi connectivity index (χ4v) is 5.34. The van der Waals surface area contributed by atoms with Gasteiger partial charge in [-0.1, -0.05) is 17.4 Å². The largest absolute Gasteiger partial charge is 0.497 e. The van der Waals surface area contributed by atoms with Gasteiger partial charge in [0.2, 0.25) is 5.91 Å². The lowest BCUT2D eigenvalue weighted by Gasteiger charge is -2.21. The first-order valence-corrected chi connectivity index (χ1v) is 12.8. The molecule has 3 rings (SSSR count). The maximum atomic E-state index is 13.2. The minimum Gasteiger partial charge on any atom is -0.497 e. The maximum absolute atomic E-state index is 13.2. The number of carbonyl (C=O) groups is 1. The number of thiazole rings is 1. The number of anilines is 1. The molecule has 0 atom stereocenters. The molecule has 172 valence electrons. The van der Waals surface area contributed by atoms with Gasteiger partial charge in [-0.15, -0.1) is 11.8 Å². The van der Waals surface area contributed by atoms with E-state index in [1.165, 1.54) is 16.0 Å². The van der Waals surface area contributed by atoms with Crippen LogP contribution in [0.25, 0.3) is 10.2 Å². The average Bonchev–Trinajstić information content (AvgIpc) is 3.21. The summed E-state index contributed by atoms with van der Waals surface area (Å²) < 4.78 is 6.35. The highest BCUT2D eigenvalue weighted by atomic mass is 32.2. The van der Waals surface area contributed by atoms with Crippen molar-refractivity contribution in [1.82, 2.24) is 9.88 Å². The molecule has 0 bridgehead atoms. The van der Waals surface area contributed by atoms with Crippen LogP contribution in [0.2, 0.25) is 0 Å². The van der Waals surface area contributed by atoms with E-state index in [-0.39, 0.29) is 5.91 Å². The number of hydrogen-bond donors (Lipinski definition) is 0. The number of thioether (sulfide) groups is 1. The van der Waals surface area contributed by atoms with E-state index >= 15 is 0 Å². The smallest absolute Gasteiger partial charge is 0.228 e. The van der Waals surface area contributed by atoms with Crippen molar-refractivity contribution in [3.8, 4) is 5.75 Å². The van der Waals surface area contributed by atoms with Crippen molar-refractivity contribution in [2.45, 2.75) is 38.0 Å². The summed E-state index contributed by atoms with van der Waals surface area (Å²) in [5.74, 6) is 1.92. The summed E-state index contributed by atoms with van der Waals surface area (Å²) in [5.41, 5.74) is 3.45. The molecule has 3 aromatic rings. The Bertz CT molecular complexity index is 1030. The fourth-order valence-electron chi connectivity index (χ4n) is 3.42. The molecule has 1 heterocycles. The van der Waals surface area contributed by atoms with Crippen LogP contribution in [0.5, 0.6) is 5.75 Å². The summed E-state index contributed by atoms with van der Waals surface area (Å²) in [6, 6.07) is 12.3. The molecule has 7 heteroatoms. The first-order valence-electron chi connectivity index (χ1n) is 11.0. The van der Waals surface area contributed by atoms with Crippen molar-refractivity contribution < 1.29 is 9.53 Å². The second-order valence-electron chi connectivity index (χ2n) is 8.18. The third-order valence-electron chi connectivity index (χ3n) is 5.46. The fraction of sp³-hybridized carbons (Fsp3) is 0.440. The number of amides is 1. The van der Waals surface area contributed by atoms with E-state index in [0.29, 0.717) is 13.0 Å². The zero-order chi connectivity index (χ0) is 23.1. The predicted molar refractivity (Wildman–Crippen MR) is 138 cm³/mol. The lowest BCUT2D eigenvalue weighted by atomic mass is 10.1. The number of nitrogens with zero attached hydrogens (tertiary/aromatic N) is 3. The van der Waals surface area contributed by atoms with Crippen molar-refractivity contribution >= 4 is 44.4 Å². The van der Waals surface area contributed by atoms with E-state index in [1.807, 2.05) is 17.0 Å². The van der Waals surface area contributed by atoms with Crippen LogP contribution in [0.4, 0.5) is 5.13 Å². The van der Waals surface area contributed by atoms with Crippen LogP contribution in [0.1, 0.15) is 30.4 Å². The van der Waals surface area contributed by atoms with Gasteiger partial charge in [0.25, 0.3) is 0 Å². The molecular formula is C25H33N3O2S2. The molecule has 1 aromatic heterocycles. The number of rotatable bonds is 11. The van der Waals surface area contributed by atoms with Gasteiger partial charge in [-0.05, 0) is 94.5 Å². The highest BCUT2D eigenvalue weighted by Crippen LogP contribution is 2.32. The first-order chi connectivity index (χ1) is 15.4. The van der Waals surface area contributed by atoms with Crippen LogP contribution in [-0.4, -0.2) is 55.8 Å². The Hall–Kier alpha value is -2.09. The molecule has 0 aliphatic heterocycles. The molecular weight excluding hydrogens is 438 g/mol.